The van der Waals surface area contributed by atoms with E-state index in [4.69, 9.17) is 4.74 Å². The van der Waals surface area contributed by atoms with Crippen LogP contribution >= 0.6 is 0 Å². The molecule has 5 nitrogen and oxygen atoms in total. The Labute approximate surface area is 133 Å². The van der Waals surface area contributed by atoms with Crippen LogP contribution in [0, 0.1) is 5.92 Å². The van der Waals surface area contributed by atoms with Crippen molar-refractivity contribution >= 4 is 11.8 Å². The summed E-state index contributed by atoms with van der Waals surface area (Å²) in [5, 5.41) is 2.86. The van der Waals surface area contributed by atoms with Crippen LogP contribution in [0.5, 0.6) is 0 Å². The smallest absolute Gasteiger partial charge is 0.244 e. The lowest BCUT2D eigenvalue weighted by Crippen LogP contribution is -2.47. The second-order valence-corrected chi connectivity index (χ2v) is 6.85. The van der Waals surface area contributed by atoms with Crippen molar-refractivity contribution in [3.05, 3.63) is 0 Å². The lowest BCUT2D eigenvalue weighted by Gasteiger charge is -2.25. The van der Waals surface area contributed by atoms with Crippen LogP contribution in [0.3, 0.4) is 0 Å². The quantitative estimate of drug-likeness (QED) is 0.817. The highest BCUT2D eigenvalue weighted by molar-refractivity contribution is 5.87. The first-order chi connectivity index (χ1) is 10.6. The Balaban J connectivity index is 1.70. The lowest BCUT2D eigenvalue weighted by atomic mass is 9.87. The Morgan fingerprint density at radius 2 is 1.91 bits per heavy atom. The van der Waals surface area contributed by atoms with Gasteiger partial charge in [-0.15, -0.1) is 0 Å². The second-order valence-electron chi connectivity index (χ2n) is 6.85. The third-order valence-electron chi connectivity index (χ3n) is 4.82. The van der Waals surface area contributed by atoms with Crippen LogP contribution in [-0.2, 0) is 14.3 Å². The van der Waals surface area contributed by atoms with Crippen LogP contribution in [0.1, 0.15) is 58.3 Å². The van der Waals surface area contributed by atoms with E-state index in [1.165, 1.54) is 19.3 Å². The number of carbonyl (C=O) groups excluding carboxylic acids is 2. The van der Waals surface area contributed by atoms with Gasteiger partial charge in [0, 0.05) is 26.6 Å². The summed E-state index contributed by atoms with van der Waals surface area (Å²) >= 11 is 0. The summed E-state index contributed by atoms with van der Waals surface area (Å²) < 4.78 is 5.55. The molecule has 0 aromatic carbocycles. The number of ether oxygens (including phenoxy) is 1. The van der Waals surface area contributed by atoms with Crippen LogP contribution in [0.4, 0.5) is 0 Å². The summed E-state index contributed by atoms with van der Waals surface area (Å²) in [6, 6.07) is -0.456. The van der Waals surface area contributed by atoms with E-state index in [9.17, 15) is 9.59 Å². The Kier molecular flexibility index (Phi) is 6.68. The second kappa shape index (κ2) is 8.51. The SMILES string of the molecule is C[C@@H](NC(=O)CC1CCCCC1)C(=O)N(C)C[C@H]1CCCO1. The first-order valence-electron chi connectivity index (χ1n) is 8.72. The van der Waals surface area contributed by atoms with Gasteiger partial charge in [0.2, 0.25) is 11.8 Å². The summed E-state index contributed by atoms with van der Waals surface area (Å²) in [5.41, 5.74) is 0. The molecule has 2 atom stereocenters. The van der Waals surface area contributed by atoms with Crippen molar-refractivity contribution in [3.8, 4) is 0 Å². The fraction of sp³-hybridized carbons (Fsp3) is 0.882. The van der Waals surface area contributed by atoms with Gasteiger partial charge in [0.15, 0.2) is 0 Å². The first-order valence-corrected chi connectivity index (χ1v) is 8.72. The van der Waals surface area contributed by atoms with E-state index in [-0.39, 0.29) is 17.9 Å². The summed E-state index contributed by atoms with van der Waals surface area (Å²) in [6.07, 6.45) is 8.85. The summed E-state index contributed by atoms with van der Waals surface area (Å²) in [5.74, 6) is 0.478. The van der Waals surface area contributed by atoms with Gasteiger partial charge in [-0.05, 0) is 38.5 Å². The Bertz CT molecular complexity index is 374. The minimum absolute atomic E-state index is 0.0123. The highest BCUT2D eigenvalue weighted by atomic mass is 16.5. The zero-order valence-corrected chi connectivity index (χ0v) is 14.0. The molecular weight excluding hydrogens is 280 g/mol. The van der Waals surface area contributed by atoms with E-state index < -0.39 is 6.04 Å². The van der Waals surface area contributed by atoms with E-state index >= 15 is 0 Å². The van der Waals surface area contributed by atoms with Crippen molar-refractivity contribution in [2.75, 3.05) is 20.2 Å². The number of carbonyl (C=O) groups is 2. The standard InChI is InChI=1S/C17H30N2O3/c1-13(17(21)19(2)12-15-9-6-10-22-15)18-16(20)11-14-7-4-3-5-8-14/h13-15H,3-12H2,1-2H3,(H,18,20)/t13-,15-/m1/s1. The molecule has 0 spiro atoms. The molecule has 2 fully saturated rings. The molecule has 1 heterocycles. The number of hydrogen-bond acceptors (Lipinski definition) is 3. The lowest BCUT2D eigenvalue weighted by molar-refractivity contribution is -0.136. The number of nitrogens with zero attached hydrogens (tertiary/aromatic N) is 1. The molecule has 2 rings (SSSR count). The van der Waals surface area contributed by atoms with Gasteiger partial charge in [0.25, 0.3) is 0 Å². The van der Waals surface area contributed by atoms with Crippen LogP contribution in [-0.4, -0.2) is 49.1 Å². The Hall–Kier alpha value is -1.10. The monoisotopic (exact) mass is 310 g/mol. The van der Waals surface area contributed by atoms with E-state index in [0.717, 1.165) is 32.3 Å². The molecule has 0 unspecified atom stereocenters. The molecule has 2 amide bonds. The highest BCUT2D eigenvalue weighted by Crippen LogP contribution is 2.26. The van der Waals surface area contributed by atoms with Gasteiger partial charge in [-0.3, -0.25) is 9.59 Å². The Morgan fingerprint density at radius 1 is 1.18 bits per heavy atom. The number of nitrogens with one attached hydrogen (secondary N) is 1. The zero-order valence-electron chi connectivity index (χ0n) is 14.0. The molecular formula is C17H30N2O3. The molecule has 1 aliphatic carbocycles. The third-order valence-corrected chi connectivity index (χ3v) is 4.82. The molecule has 0 bridgehead atoms. The number of likely N-dealkylation sites (N-methyl/N-ethyl adjacent to an activating group) is 1. The molecule has 0 aromatic rings. The fourth-order valence-corrected chi connectivity index (χ4v) is 3.53. The van der Waals surface area contributed by atoms with Crippen molar-refractivity contribution in [1.82, 2.24) is 10.2 Å². The molecule has 2 aliphatic rings. The third kappa shape index (κ3) is 5.27. The molecule has 1 saturated heterocycles. The molecule has 1 N–H and O–H groups in total. The number of amides is 2. The molecule has 1 aliphatic heterocycles. The molecule has 22 heavy (non-hydrogen) atoms. The van der Waals surface area contributed by atoms with Crippen molar-refractivity contribution in [2.24, 2.45) is 5.92 Å². The molecule has 0 radical (unpaired) electrons. The van der Waals surface area contributed by atoms with Gasteiger partial charge in [-0.2, -0.15) is 0 Å². The largest absolute Gasteiger partial charge is 0.376 e. The van der Waals surface area contributed by atoms with Gasteiger partial charge >= 0.3 is 0 Å². The summed E-state index contributed by atoms with van der Waals surface area (Å²) in [7, 11) is 1.79. The van der Waals surface area contributed by atoms with Gasteiger partial charge in [0.05, 0.1) is 6.10 Å². The maximum absolute atomic E-state index is 12.3. The van der Waals surface area contributed by atoms with Crippen LogP contribution in [0.15, 0.2) is 0 Å². The fourth-order valence-electron chi connectivity index (χ4n) is 3.53. The predicted molar refractivity (Wildman–Crippen MR) is 85.4 cm³/mol. The normalized spacial score (nSPS) is 24.0. The van der Waals surface area contributed by atoms with Gasteiger partial charge in [0.1, 0.15) is 6.04 Å². The molecule has 126 valence electrons. The Morgan fingerprint density at radius 3 is 2.55 bits per heavy atom. The van der Waals surface area contributed by atoms with Crippen molar-refractivity contribution in [1.29, 1.82) is 0 Å². The molecule has 0 aromatic heterocycles. The maximum atomic E-state index is 12.3. The number of rotatable bonds is 6. The van der Waals surface area contributed by atoms with Crippen LogP contribution in [0.2, 0.25) is 0 Å². The highest BCUT2D eigenvalue weighted by Gasteiger charge is 2.25. The average Bonchev–Trinajstić information content (AvgIpc) is 3.00. The van der Waals surface area contributed by atoms with E-state index in [2.05, 4.69) is 5.32 Å². The summed E-state index contributed by atoms with van der Waals surface area (Å²) in [6.45, 7) is 3.18. The van der Waals surface area contributed by atoms with Gasteiger partial charge in [-0.1, -0.05) is 19.3 Å². The van der Waals surface area contributed by atoms with E-state index in [1.54, 1.807) is 18.9 Å². The van der Waals surface area contributed by atoms with Crippen molar-refractivity contribution in [3.63, 3.8) is 0 Å². The van der Waals surface area contributed by atoms with Crippen molar-refractivity contribution in [2.45, 2.75) is 70.4 Å². The van der Waals surface area contributed by atoms with E-state index in [1.807, 2.05) is 0 Å². The number of hydrogen-bond donors (Lipinski definition) is 1. The first kappa shape index (κ1) is 17.3. The topological polar surface area (TPSA) is 58.6 Å². The average molecular weight is 310 g/mol. The van der Waals surface area contributed by atoms with Gasteiger partial charge in [-0.25, -0.2) is 0 Å². The minimum Gasteiger partial charge on any atom is -0.376 e. The van der Waals surface area contributed by atoms with Crippen molar-refractivity contribution < 1.29 is 14.3 Å². The molecule has 5 heteroatoms. The zero-order chi connectivity index (χ0) is 15.9. The minimum atomic E-state index is -0.456. The maximum Gasteiger partial charge on any atom is 0.244 e. The van der Waals surface area contributed by atoms with Gasteiger partial charge < -0.3 is 15.0 Å². The predicted octanol–water partition coefficient (Wildman–Crippen LogP) is 2.10. The van der Waals surface area contributed by atoms with E-state index in [0.29, 0.717) is 18.9 Å². The van der Waals surface area contributed by atoms with Crippen LogP contribution in [0.25, 0.3) is 0 Å². The molecule has 1 saturated carbocycles. The van der Waals surface area contributed by atoms with Crippen LogP contribution < -0.4 is 5.32 Å². The summed E-state index contributed by atoms with van der Waals surface area (Å²) in [4.78, 5) is 26.1.